The van der Waals surface area contributed by atoms with Gasteiger partial charge >= 0.3 is 0 Å². The Morgan fingerprint density at radius 3 is 2.08 bits per heavy atom. The van der Waals surface area contributed by atoms with E-state index in [-0.39, 0.29) is 5.41 Å². The average Bonchev–Trinajstić information content (AvgIpc) is 1.93. The summed E-state index contributed by atoms with van der Waals surface area (Å²) in [5, 5.41) is 19.7. The maximum Gasteiger partial charge on any atom is 0.0910 e. The van der Waals surface area contributed by atoms with Crippen molar-refractivity contribution in [1.82, 2.24) is 0 Å². The van der Waals surface area contributed by atoms with E-state index in [4.69, 9.17) is 0 Å². The molecule has 3 fully saturated rings. The summed E-state index contributed by atoms with van der Waals surface area (Å²) in [4.78, 5) is 0. The number of aliphatic hydroxyl groups excluding tert-OH is 1. The van der Waals surface area contributed by atoms with Gasteiger partial charge in [0, 0.05) is 0 Å². The van der Waals surface area contributed by atoms with Crippen LogP contribution in [0, 0.1) is 17.3 Å². The molecule has 3 rings (SSSR count). The van der Waals surface area contributed by atoms with Crippen LogP contribution in [0.3, 0.4) is 0 Å². The minimum Gasteiger partial charge on any atom is -0.390 e. The molecule has 0 aromatic carbocycles. The molecular weight excluding hydrogens is 152 g/mol. The fraction of sp³-hybridized carbons (Fsp3) is 1.00. The van der Waals surface area contributed by atoms with Crippen molar-refractivity contribution < 1.29 is 10.2 Å². The molecule has 3 aliphatic carbocycles. The van der Waals surface area contributed by atoms with Gasteiger partial charge in [0.05, 0.1) is 11.7 Å². The Labute approximate surface area is 73.6 Å². The quantitative estimate of drug-likeness (QED) is 0.573. The molecule has 0 saturated heterocycles. The van der Waals surface area contributed by atoms with E-state index in [1.54, 1.807) is 6.92 Å². The van der Waals surface area contributed by atoms with Crippen molar-refractivity contribution in [2.24, 2.45) is 17.3 Å². The average molecular weight is 170 g/mol. The highest BCUT2D eigenvalue weighted by Crippen LogP contribution is 2.62. The molecule has 2 nitrogen and oxygen atoms in total. The van der Waals surface area contributed by atoms with Crippen LogP contribution in [0.4, 0.5) is 0 Å². The van der Waals surface area contributed by atoms with Gasteiger partial charge in [-0.1, -0.05) is 13.8 Å². The maximum absolute atomic E-state index is 10.0. The van der Waals surface area contributed by atoms with E-state index in [1.807, 2.05) is 0 Å². The Morgan fingerprint density at radius 1 is 1.17 bits per heavy atom. The predicted molar refractivity (Wildman–Crippen MR) is 46.6 cm³/mol. The number of fused-ring (bicyclic) bond motifs is 2. The summed E-state index contributed by atoms with van der Waals surface area (Å²) in [7, 11) is 0. The van der Waals surface area contributed by atoms with Crippen molar-refractivity contribution >= 4 is 0 Å². The first kappa shape index (κ1) is 8.52. The van der Waals surface area contributed by atoms with E-state index in [9.17, 15) is 10.2 Å². The third-order valence-electron chi connectivity index (χ3n) is 4.36. The lowest BCUT2D eigenvalue weighted by Gasteiger charge is -2.64. The lowest BCUT2D eigenvalue weighted by molar-refractivity contribution is -0.245. The Kier molecular flexibility index (Phi) is 1.45. The SMILES string of the molecule is CC1(O)C(O)C[C@H]2C[C@@H]1C2(C)C. The van der Waals surface area contributed by atoms with Crippen LogP contribution in [0.2, 0.25) is 0 Å². The van der Waals surface area contributed by atoms with E-state index in [0.717, 1.165) is 12.8 Å². The minimum atomic E-state index is -0.849. The fourth-order valence-corrected chi connectivity index (χ4v) is 3.15. The van der Waals surface area contributed by atoms with E-state index in [2.05, 4.69) is 13.8 Å². The highest BCUT2D eigenvalue weighted by atomic mass is 16.3. The molecule has 12 heavy (non-hydrogen) atoms. The molecule has 2 bridgehead atoms. The first-order valence-corrected chi connectivity index (χ1v) is 4.77. The monoisotopic (exact) mass is 170 g/mol. The molecular formula is C10H18O2. The molecule has 70 valence electrons. The predicted octanol–water partition coefficient (Wildman–Crippen LogP) is 1.16. The Bertz CT molecular complexity index is 208. The van der Waals surface area contributed by atoms with Crippen LogP contribution in [0.5, 0.6) is 0 Å². The zero-order chi connectivity index (χ0) is 9.15. The summed E-state index contributed by atoms with van der Waals surface area (Å²) in [5.41, 5.74) is -0.610. The van der Waals surface area contributed by atoms with Crippen LogP contribution in [-0.4, -0.2) is 21.9 Å². The third-order valence-corrected chi connectivity index (χ3v) is 4.36. The van der Waals surface area contributed by atoms with Crippen molar-refractivity contribution in [3.63, 3.8) is 0 Å². The lowest BCUT2D eigenvalue weighted by atomic mass is 9.43. The van der Waals surface area contributed by atoms with Gasteiger partial charge in [-0.2, -0.15) is 0 Å². The van der Waals surface area contributed by atoms with Gasteiger partial charge in [-0.15, -0.1) is 0 Å². The van der Waals surface area contributed by atoms with Gasteiger partial charge in [-0.25, -0.2) is 0 Å². The largest absolute Gasteiger partial charge is 0.390 e. The van der Waals surface area contributed by atoms with Crippen LogP contribution in [0.15, 0.2) is 0 Å². The van der Waals surface area contributed by atoms with Gasteiger partial charge < -0.3 is 10.2 Å². The third kappa shape index (κ3) is 0.775. The Morgan fingerprint density at radius 2 is 1.75 bits per heavy atom. The molecule has 3 aliphatic rings. The van der Waals surface area contributed by atoms with Crippen molar-refractivity contribution in [2.75, 3.05) is 0 Å². The summed E-state index contributed by atoms with van der Waals surface area (Å²) >= 11 is 0. The molecule has 0 heterocycles. The molecule has 0 aliphatic heterocycles. The molecule has 0 aromatic rings. The van der Waals surface area contributed by atoms with Crippen LogP contribution >= 0.6 is 0 Å². The van der Waals surface area contributed by atoms with Crippen LogP contribution in [0.1, 0.15) is 33.6 Å². The van der Waals surface area contributed by atoms with Gasteiger partial charge in [-0.05, 0) is 37.0 Å². The maximum atomic E-state index is 10.0. The standard InChI is InChI=1S/C10H18O2/c1-9(2)6-4-7(9)10(3,12)8(11)5-6/h6-8,11-12H,4-5H2,1-3H3/t6-,7-,8?,10?/m1/s1. The van der Waals surface area contributed by atoms with Crippen molar-refractivity contribution in [3.8, 4) is 0 Å². The summed E-state index contributed by atoms with van der Waals surface area (Å²) in [6.45, 7) is 6.18. The zero-order valence-electron chi connectivity index (χ0n) is 8.04. The van der Waals surface area contributed by atoms with Crippen LogP contribution in [0.25, 0.3) is 0 Å². The highest BCUT2D eigenvalue weighted by Gasteiger charge is 2.62. The Balaban J connectivity index is 2.27. The molecule has 2 heteroatoms. The van der Waals surface area contributed by atoms with Gasteiger partial charge in [0.1, 0.15) is 0 Å². The second-order valence-electron chi connectivity index (χ2n) is 5.28. The first-order chi connectivity index (χ1) is 5.37. The molecule has 4 atom stereocenters. The second kappa shape index (κ2) is 2.05. The smallest absolute Gasteiger partial charge is 0.0910 e. The van der Waals surface area contributed by atoms with Crippen molar-refractivity contribution in [3.05, 3.63) is 0 Å². The van der Waals surface area contributed by atoms with Crippen molar-refractivity contribution in [2.45, 2.75) is 45.3 Å². The lowest BCUT2D eigenvalue weighted by Crippen LogP contribution is -2.66. The molecule has 0 spiro atoms. The molecule has 0 aromatic heterocycles. The minimum absolute atomic E-state index is 0.239. The second-order valence-corrected chi connectivity index (χ2v) is 5.28. The van der Waals surface area contributed by atoms with Crippen LogP contribution < -0.4 is 0 Å². The first-order valence-electron chi connectivity index (χ1n) is 4.77. The fourth-order valence-electron chi connectivity index (χ4n) is 3.15. The topological polar surface area (TPSA) is 40.5 Å². The highest BCUT2D eigenvalue weighted by molar-refractivity contribution is 5.12. The van der Waals surface area contributed by atoms with Gasteiger partial charge in [0.15, 0.2) is 0 Å². The number of aliphatic hydroxyl groups is 2. The van der Waals surface area contributed by atoms with E-state index < -0.39 is 11.7 Å². The van der Waals surface area contributed by atoms with Gasteiger partial charge in [0.2, 0.25) is 0 Å². The number of rotatable bonds is 0. The van der Waals surface area contributed by atoms with E-state index >= 15 is 0 Å². The molecule has 3 saturated carbocycles. The molecule has 2 unspecified atom stereocenters. The van der Waals surface area contributed by atoms with Gasteiger partial charge in [-0.3, -0.25) is 0 Å². The zero-order valence-corrected chi connectivity index (χ0v) is 8.04. The Hall–Kier alpha value is -0.0800. The summed E-state index contributed by atoms with van der Waals surface area (Å²) in [6, 6.07) is 0. The molecule has 0 amide bonds. The van der Waals surface area contributed by atoms with Gasteiger partial charge in [0.25, 0.3) is 0 Å². The summed E-state index contributed by atoms with van der Waals surface area (Å²) in [5.74, 6) is 0.913. The van der Waals surface area contributed by atoms with E-state index in [1.165, 1.54) is 0 Å². The summed E-state index contributed by atoms with van der Waals surface area (Å²) in [6.07, 6.45) is 1.36. The number of hydrogen-bond acceptors (Lipinski definition) is 2. The number of hydrogen-bond donors (Lipinski definition) is 2. The van der Waals surface area contributed by atoms with Crippen LogP contribution in [-0.2, 0) is 0 Å². The summed E-state index contributed by atoms with van der Waals surface area (Å²) < 4.78 is 0. The van der Waals surface area contributed by atoms with E-state index in [0.29, 0.717) is 11.8 Å². The molecule has 0 radical (unpaired) electrons. The normalized spacial score (nSPS) is 56.2. The molecule has 2 N–H and O–H groups in total. The van der Waals surface area contributed by atoms with Crippen molar-refractivity contribution in [1.29, 1.82) is 0 Å².